The number of rotatable bonds is 10. The van der Waals surface area contributed by atoms with Crippen LogP contribution in [0.5, 0.6) is 0 Å². The standard InChI is InChI=1S/C37H56N6O8/c1-6-27-19(2)29(41)21(4)34(46-27)48-31-25(39)17-26(40)32(33(31)51-37(45)43-24-15-11-8-12-16-24)49-35-22(5)30(20(3)28(18-38)47-35)50-36(44)42-23-13-9-7-10-14-23/h7-16,19-22,25-35H,6,17-18,38-41H2,1-5H3,(H,42,44)(H,43,45)/t19-,20-,21?,22?,25-,26+,27?,28?,29+,30?,31+,32?,33?,34-,35-/m1/s1. The van der Waals surface area contributed by atoms with Crippen LogP contribution in [-0.2, 0) is 28.4 Å². The summed E-state index contributed by atoms with van der Waals surface area (Å²) in [5, 5.41) is 5.54. The predicted octanol–water partition coefficient (Wildman–Crippen LogP) is 3.74. The maximum Gasteiger partial charge on any atom is 0.412 e. The number of carbonyl (C=O) groups is 2. The van der Waals surface area contributed by atoms with Gasteiger partial charge in [0, 0.05) is 53.8 Å². The number of nitrogens with one attached hydrogen (secondary N) is 2. The maximum absolute atomic E-state index is 13.5. The molecule has 15 atom stereocenters. The highest BCUT2D eigenvalue weighted by Crippen LogP contribution is 2.38. The van der Waals surface area contributed by atoms with Crippen LogP contribution in [-0.4, -0.2) is 86.1 Å². The van der Waals surface area contributed by atoms with Crippen LogP contribution in [0.25, 0.3) is 0 Å². The lowest BCUT2D eigenvalue weighted by Gasteiger charge is -2.50. The zero-order chi connectivity index (χ0) is 36.8. The van der Waals surface area contributed by atoms with E-state index in [9.17, 15) is 9.59 Å². The van der Waals surface area contributed by atoms with Gasteiger partial charge in [-0.3, -0.25) is 10.6 Å². The smallest absolute Gasteiger partial charge is 0.412 e. The van der Waals surface area contributed by atoms with Gasteiger partial charge in [0.05, 0.1) is 12.2 Å². The Balaban J connectivity index is 1.40. The fourth-order valence-electron chi connectivity index (χ4n) is 7.50. The normalized spacial score (nSPS) is 38.3. The lowest BCUT2D eigenvalue weighted by molar-refractivity contribution is -0.308. The summed E-state index contributed by atoms with van der Waals surface area (Å²) in [4.78, 5) is 26.5. The molecule has 10 N–H and O–H groups in total. The van der Waals surface area contributed by atoms with Gasteiger partial charge in [0.2, 0.25) is 0 Å². The molecule has 51 heavy (non-hydrogen) atoms. The number of amides is 2. The Hall–Kier alpha value is -3.34. The zero-order valence-corrected chi connectivity index (χ0v) is 30.1. The van der Waals surface area contributed by atoms with E-state index < -0.39 is 73.3 Å². The summed E-state index contributed by atoms with van der Waals surface area (Å²) in [5.41, 5.74) is 27.4. The highest BCUT2D eigenvalue weighted by molar-refractivity contribution is 5.85. The molecule has 1 aliphatic carbocycles. The molecule has 282 valence electrons. The highest BCUT2D eigenvalue weighted by Gasteiger charge is 2.52. The molecule has 0 aromatic heterocycles. The van der Waals surface area contributed by atoms with Crippen LogP contribution >= 0.6 is 0 Å². The summed E-state index contributed by atoms with van der Waals surface area (Å²) in [6.45, 7) is 10.0. The molecule has 14 nitrogen and oxygen atoms in total. The quantitative estimate of drug-likeness (QED) is 0.208. The molecular formula is C37H56N6O8. The predicted molar refractivity (Wildman–Crippen MR) is 192 cm³/mol. The molecule has 2 aromatic carbocycles. The molecule has 2 amide bonds. The Morgan fingerprint density at radius 2 is 1.14 bits per heavy atom. The van der Waals surface area contributed by atoms with Crippen molar-refractivity contribution in [1.29, 1.82) is 0 Å². The van der Waals surface area contributed by atoms with E-state index in [4.69, 9.17) is 51.4 Å². The van der Waals surface area contributed by atoms with Gasteiger partial charge in [0.25, 0.3) is 0 Å². The van der Waals surface area contributed by atoms with Gasteiger partial charge in [-0.15, -0.1) is 0 Å². The second kappa shape index (κ2) is 17.5. The Morgan fingerprint density at radius 1 is 0.667 bits per heavy atom. The summed E-state index contributed by atoms with van der Waals surface area (Å²) in [7, 11) is 0. The van der Waals surface area contributed by atoms with E-state index in [1.54, 1.807) is 36.4 Å². The average Bonchev–Trinajstić information content (AvgIpc) is 3.11. The number of nitrogens with two attached hydrogens (primary N) is 4. The second-order valence-electron chi connectivity index (χ2n) is 14.2. The number of para-hydroxylation sites is 2. The molecule has 7 unspecified atom stereocenters. The van der Waals surface area contributed by atoms with Gasteiger partial charge in [-0.25, -0.2) is 9.59 Å². The lowest BCUT2D eigenvalue weighted by atomic mass is 9.82. The topological polar surface area (TPSA) is 218 Å². The van der Waals surface area contributed by atoms with Gasteiger partial charge in [-0.05, 0) is 43.0 Å². The first-order chi connectivity index (χ1) is 24.4. The second-order valence-corrected chi connectivity index (χ2v) is 14.2. The lowest BCUT2D eigenvalue weighted by Crippen LogP contribution is -2.67. The molecule has 2 saturated heterocycles. The van der Waals surface area contributed by atoms with Gasteiger partial charge < -0.3 is 51.4 Å². The number of ether oxygens (including phenoxy) is 6. The van der Waals surface area contributed by atoms with Gasteiger partial charge in [0.15, 0.2) is 18.7 Å². The highest BCUT2D eigenvalue weighted by atomic mass is 16.7. The van der Waals surface area contributed by atoms with Crippen molar-refractivity contribution in [2.45, 2.75) is 115 Å². The third-order valence-corrected chi connectivity index (χ3v) is 10.7. The minimum absolute atomic E-state index is 0.117. The largest absolute Gasteiger partial charge is 0.445 e. The van der Waals surface area contributed by atoms with Crippen LogP contribution in [0.2, 0.25) is 0 Å². The van der Waals surface area contributed by atoms with E-state index in [1.165, 1.54) is 0 Å². The third kappa shape index (κ3) is 9.18. The number of anilines is 2. The van der Waals surface area contributed by atoms with Crippen molar-refractivity contribution in [2.75, 3.05) is 17.2 Å². The molecule has 5 rings (SSSR count). The number of benzene rings is 2. The van der Waals surface area contributed by atoms with Crippen molar-refractivity contribution in [1.82, 2.24) is 0 Å². The molecule has 2 aliphatic heterocycles. The van der Waals surface area contributed by atoms with Gasteiger partial charge in [-0.2, -0.15) is 0 Å². The van der Waals surface area contributed by atoms with E-state index >= 15 is 0 Å². The first-order valence-corrected chi connectivity index (χ1v) is 18.1. The minimum atomic E-state index is -1.09. The number of carbonyl (C=O) groups excluding carboxylic acids is 2. The van der Waals surface area contributed by atoms with Crippen molar-refractivity contribution in [3.05, 3.63) is 60.7 Å². The maximum atomic E-state index is 13.5. The monoisotopic (exact) mass is 712 g/mol. The van der Waals surface area contributed by atoms with E-state index in [2.05, 4.69) is 17.6 Å². The van der Waals surface area contributed by atoms with Crippen LogP contribution in [0.1, 0.15) is 47.5 Å². The summed E-state index contributed by atoms with van der Waals surface area (Å²) >= 11 is 0. The van der Waals surface area contributed by atoms with Crippen LogP contribution < -0.4 is 33.6 Å². The summed E-state index contributed by atoms with van der Waals surface area (Å²) in [5.74, 6) is -0.803. The van der Waals surface area contributed by atoms with Gasteiger partial charge >= 0.3 is 12.2 Å². The fraction of sp³-hybridized carbons (Fsp3) is 0.622. The van der Waals surface area contributed by atoms with Crippen LogP contribution in [0.15, 0.2) is 60.7 Å². The molecular weight excluding hydrogens is 656 g/mol. The molecule has 2 heterocycles. The fourth-order valence-corrected chi connectivity index (χ4v) is 7.50. The molecule has 0 spiro atoms. The first kappa shape index (κ1) is 38.9. The van der Waals surface area contributed by atoms with Crippen molar-refractivity contribution < 1.29 is 38.0 Å². The Kier molecular flexibility index (Phi) is 13.3. The summed E-state index contributed by atoms with van der Waals surface area (Å²) < 4.78 is 38.2. The van der Waals surface area contributed by atoms with Crippen molar-refractivity contribution in [3.63, 3.8) is 0 Å². The Labute approximate surface area is 300 Å². The molecule has 0 bridgehead atoms. The molecule has 3 fully saturated rings. The van der Waals surface area contributed by atoms with E-state index in [0.717, 1.165) is 6.42 Å². The summed E-state index contributed by atoms with van der Waals surface area (Å²) in [6.07, 6.45) is -6.18. The van der Waals surface area contributed by atoms with E-state index in [1.807, 2.05) is 52.0 Å². The average molecular weight is 713 g/mol. The van der Waals surface area contributed by atoms with Gasteiger partial charge in [0.1, 0.15) is 18.3 Å². The SMILES string of the molecule is CCC1O[C@H](O[C@@H]2C(OC(=O)Nc3ccccc3)C(O[C@H]3OC(CN)[C@@H](C)C(OC(=O)Nc4ccccc4)C3C)[C@@H](N)C[C@H]2N)C(C)[C@@H](N)[C@@H]1C. The first-order valence-electron chi connectivity index (χ1n) is 18.1. The third-order valence-electron chi connectivity index (χ3n) is 10.7. The summed E-state index contributed by atoms with van der Waals surface area (Å²) in [6, 6.07) is 16.4. The van der Waals surface area contributed by atoms with Crippen LogP contribution in [0.3, 0.4) is 0 Å². The van der Waals surface area contributed by atoms with Crippen LogP contribution in [0.4, 0.5) is 21.0 Å². The number of hydrogen-bond donors (Lipinski definition) is 6. The van der Waals surface area contributed by atoms with Gasteiger partial charge in [-0.1, -0.05) is 71.0 Å². The van der Waals surface area contributed by atoms with Crippen molar-refractivity contribution >= 4 is 23.6 Å². The Bertz CT molecular complexity index is 1410. The number of hydrogen-bond acceptors (Lipinski definition) is 12. The molecule has 2 aromatic rings. The van der Waals surface area contributed by atoms with Crippen molar-refractivity contribution in [2.24, 2.45) is 46.6 Å². The Morgan fingerprint density at radius 3 is 1.63 bits per heavy atom. The molecule has 1 saturated carbocycles. The zero-order valence-electron chi connectivity index (χ0n) is 30.1. The minimum Gasteiger partial charge on any atom is -0.445 e. The molecule has 0 radical (unpaired) electrons. The van der Waals surface area contributed by atoms with Crippen LogP contribution in [0, 0.1) is 23.7 Å². The van der Waals surface area contributed by atoms with E-state index in [-0.39, 0.29) is 42.9 Å². The van der Waals surface area contributed by atoms with E-state index in [0.29, 0.717) is 11.4 Å². The van der Waals surface area contributed by atoms with Crippen molar-refractivity contribution in [3.8, 4) is 0 Å². The molecule has 3 aliphatic rings. The molecule has 14 heteroatoms.